The molecule has 2 aromatic carbocycles. The van der Waals surface area contributed by atoms with Crippen molar-refractivity contribution in [2.24, 2.45) is 0 Å². The van der Waals surface area contributed by atoms with Gasteiger partial charge in [0.2, 0.25) is 5.88 Å². The second kappa shape index (κ2) is 6.85. The third-order valence-electron chi connectivity index (χ3n) is 4.23. The minimum Gasteiger partial charge on any atom is -0.497 e. The normalized spacial score (nSPS) is 10.4. The van der Waals surface area contributed by atoms with E-state index in [4.69, 9.17) is 4.74 Å². The van der Waals surface area contributed by atoms with Gasteiger partial charge < -0.3 is 9.84 Å². The second-order valence-corrected chi connectivity index (χ2v) is 6.03. The molecule has 0 aliphatic heterocycles. The molecule has 4 aromatic rings. The summed E-state index contributed by atoms with van der Waals surface area (Å²) in [6.45, 7) is 1.76. The molecular weight excluding hydrogens is 338 g/mol. The highest BCUT2D eigenvalue weighted by atomic mass is 16.5. The lowest BCUT2D eigenvalue weighted by molar-refractivity contribution is 0.415. The number of hydrogen-bond donors (Lipinski definition) is 1. The van der Waals surface area contributed by atoms with Crippen molar-refractivity contribution in [2.75, 3.05) is 7.11 Å². The Bertz CT molecular complexity index is 1170. The molecule has 0 amide bonds. The van der Waals surface area contributed by atoms with Gasteiger partial charge in [0, 0.05) is 17.3 Å². The molecule has 0 saturated heterocycles. The molecule has 2 heterocycles. The third-order valence-corrected chi connectivity index (χ3v) is 4.23. The first-order valence-electron chi connectivity index (χ1n) is 8.46. The van der Waals surface area contributed by atoms with E-state index in [0.29, 0.717) is 17.0 Å². The quantitative estimate of drug-likeness (QED) is 0.555. The molecule has 5 heteroatoms. The van der Waals surface area contributed by atoms with Crippen molar-refractivity contribution in [3.63, 3.8) is 0 Å². The highest BCUT2D eigenvalue weighted by molar-refractivity contribution is 5.65. The van der Waals surface area contributed by atoms with E-state index < -0.39 is 0 Å². The van der Waals surface area contributed by atoms with Crippen molar-refractivity contribution < 1.29 is 9.84 Å². The van der Waals surface area contributed by atoms with Crippen LogP contribution < -0.4 is 4.74 Å². The van der Waals surface area contributed by atoms with E-state index in [0.717, 1.165) is 22.6 Å². The largest absolute Gasteiger partial charge is 0.497 e. The van der Waals surface area contributed by atoms with E-state index in [2.05, 4.69) is 21.8 Å². The van der Waals surface area contributed by atoms with Crippen LogP contribution in [-0.2, 0) is 0 Å². The maximum Gasteiger partial charge on any atom is 0.219 e. The average Bonchev–Trinajstić information content (AvgIpc) is 3.01. The smallest absolute Gasteiger partial charge is 0.219 e. The molecule has 0 bridgehead atoms. The summed E-state index contributed by atoms with van der Waals surface area (Å²) in [6.07, 6.45) is 1.78. The summed E-state index contributed by atoms with van der Waals surface area (Å²) in [5.41, 5.74) is 4.08. The van der Waals surface area contributed by atoms with Crippen LogP contribution in [0.15, 0.2) is 60.8 Å². The maximum absolute atomic E-state index is 10.3. The van der Waals surface area contributed by atoms with Gasteiger partial charge in [-0.1, -0.05) is 36.3 Å². The van der Waals surface area contributed by atoms with Crippen LogP contribution in [-0.4, -0.2) is 26.6 Å². The lowest BCUT2D eigenvalue weighted by atomic mass is 10.1. The topological polar surface area (TPSA) is 59.7 Å². The Kier molecular flexibility index (Phi) is 4.23. The SMILES string of the molecule is COc1ccc(C#Cc2nc(-c3ccccc3)cn3c(O)c(C)nc23)cc1. The summed E-state index contributed by atoms with van der Waals surface area (Å²) in [5, 5.41) is 10.3. The van der Waals surface area contributed by atoms with Gasteiger partial charge in [0.25, 0.3) is 0 Å². The van der Waals surface area contributed by atoms with Crippen LogP contribution in [0.3, 0.4) is 0 Å². The fourth-order valence-electron chi connectivity index (χ4n) is 2.79. The number of benzene rings is 2. The van der Waals surface area contributed by atoms with E-state index in [-0.39, 0.29) is 5.88 Å². The fraction of sp³-hybridized carbons (Fsp3) is 0.0909. The van der Waals surface area contributed by atoms with Crippen LogP contribution in [0.4, 0.5) is 0 Å². The van der Waals surface area contributed by atoms with Crippen molar-refractivity contribution in [3.8, 4) is 34.7 Å². The minimum atomic E-state index is 0.0945. The van der Waals surface area contributed by atoms with Crippen molar-refractivity contribution in [3.05, 3.63) is 77.7 Å². The Morgan fingerprint density at radius 2 is 1.70 bits per heavy atom. The molecule has 0 spiro atoms. The number of ether oxygens (including phenoxy) is 1. The summed E-state index contributed by atoms with van der Waals surface area (Å²) >= 11 is 0. The number of nitrogens with zero attached hydrogens (tertiary/aromatic N) is 3. The number of aromatic nitrogens is 3. The van der Waals surface area contributed by atoms with Gasteiger partial charge in [-0.25, -0.2) is 9.97 Å². The number of fused-ring (bicyclic) bond motifs is 1. The predicted molar refractivity (Wildman–Crippen MR) is 104 cm³/mol. The number of imidazole rings is 1. The monoisotopic (exact) mass is 355 g/mol. The highest BCUT2D eigenvalue weighted by Crippen LogP contribution is 2.24. The zero-order valence-corrected chi connectivity index (χ0v) is 15.0. The first-order valence-corrected chi connectivity index (χ1v) is 8.46. The van der Waals surface area contributed by atoms with Crippen LogP contribution in [0, 0.1) is 18.8 Å². The van der Waals surface area contributed by atoms with Crippen LogP contribution in [0.1, 0.15) is 17.0 Å². The standard InChI is InChI=1S/C22H17N3O2/c1-15-22(26)25-14-20(17-6-4-3-5-7-17)24-19(21(25)23-15)13-10-16-8-11-18(27-2)12-9-16/h3-9,11-12,14,26H,1-2H3. The van der Waals surface area contributed by atoms with Gasteiger partial charge in [-0.3, -0.25) is 4.40 Å². The number of rotatable bonds is 2. The van der Waals surface area contributed by atoms with Crippen molar-refractivity contribution in [1.82, 2.24) is 14.4 Å². The first kappa shape index (κ1) is 16.7. The molecule has 5 nitrogen and oxygen atoms in total. The molecule has 0 fully saturated rings. The van der Waals surface area contributed by atoms with Crippen LogP contribution in [0.5, 0.6) is 11.6 Å². The van der Waals surface area contributed by atoms with Crippen LogP contribution >= 0.6 is 0 Å². The lowest BCUT2D eigenvalue weighted by Gasteiger charge is -2.04. The third kappa shape index (κ3) is 3.21. The molecule has 0 unspecified atom stereocenters. The molecule has 27 heavy (non-hydrogen) atoms. The summed E-state index contributed by atoms with van der Waals surface area (Å²) in [5.74, 6) is 7.08. The molecular formula is C22H17N3O2. The Morgan fingerprint density at radius 3 is 2.41 bits per heavy atom. The predicted octanol–water partition coefficient (Wildman–Crippen LogP) is 3.82. The zero-order valence-electron chi connectivity index (χ0n) is 15.0. The first-order chi connectivity index (χ1) is 13.2. The summed E-state index contributed by atoms with van der Waals surface area (Å²) in [7, 11) is 1.63. The number of aromatic hydroxyl groups is 1. The molecule has 2 aromatic heterocycles. The van der Waals surface area contributed by atoms with Gasteiger partial charge in [0.1, 0.15) is 11.4 Å². The Labute approximate surface area is 156 Å². The molecule has 0 saturated carbocycles. The van der Waals surface area contributed by atoms with Gasteiger partial charge in [-0.15, -0.1) is 0 Å². The van der Waals surface area contributed by atoms with E-state index in [1.165, 1.54) is 0 Å². The molecule has 0 aliphatic rings. The number of methoxy groups -OCH3 is 1. The maximum atomic E-state index is 10.3. The van der Waals surface area contributed by atoms with Crippen molar-refractivity contribution in [2.45, 2.75) is 6.92 Å². The Hall–Kier alpha value is -3.78. The van der Waals surface area contributed by atoms with Crippen molar-refractivity contribution >= 4 is 5.65 Å². The highest BCUT2D eigenvalue weighted by Gasteiger charge is 2.13. The van der Waals surface area contributed by atoms with Gasteiger partial charge >= 0.3 is 0 Å². The average molecular weight is 355 g/mol. The Balaban J connectivity index is 1.86. The van der Waals surface area contributed by atoms with E-state index in [9.17, 15) is 5.11 Å². The van der Waals surface area contributed by atoms with E-state index in [1.54, 1.807) is 24.6 Å². The Morgan fingerprint density at radius 1 is 0.963 bits per heavy atom. The zero-order chi connectivity index (χ0) is 18.8. The molecule has 0 aliphatic carbocycles. The van der Waals surface area contributed by atoms with Gasteiger partial charge in [-0.05, 0) is 37.1 Å². The molecule has 1 N–H and O–H groups in total. The number of hydrogen-bond acceptors (Lipinski definition) is 4. The fourth-order valence-corrected chi connectivity index (χ4v) is 2.79. The molecule has 0 atom stereocenters. The minimum absolute atomic E-state index is 0.0945. The van der Waals surface area contributed by atoms with Crippen LogP contribution in [0.25, 0.3) is 16.9 Å². The second-order valence-electron chi connectivity index (χ2n) is 6.03. The molecule has 4 rings (SSSR count). The lowest BCUT2D eigenvalue weighted by Crippen LogP contribution is -1.96. The summed E-state index contributed by atoms with van der Waals surface area (Å²) in [4.78, 5) is 9.10. The molecule has 132 valence electrons. The van der Waals surface area contributed by atoms with Gasteiger partial charge in [-0.2, -0.15) is 0 Å². The van der Waals surface area contributed by atoms with Gasteiger partial charge in [0.05, 0.1) is 12.8 Å². The van der Waals surface area contributed by atoms with Gasteiger partial charge in [0.15, 0.2) is 11.3 Å². The van der Waals surface area contributed by atoms with Crippen LogP contribution in [0.2, 0.25) is 0 Å². The van der Waals surface area contributed by atoms with Crippen molar-refractivity contribution in [1.29, 1.82) is 0 Å². The van der Waals surface area contributed by atoms with E-state index in [1.807, 2.05) is 54.6 Å². The number of aryl methyl sites for hydroxylation is 1. The summed E-state index contributed by atoms with van der Waals surface area (Å²) in [6, 6.07) is 17.3. The van der Waals surface area contributed by atoms with E-state index >= 15 is 0 Å². The molecule has 0 radical (unpaired) electrons. The summed E-state index contributed by atoms with van der Waals surface area (Å²) < 4.78 is 6.80.